The van der Waals surface area contributed by atoms with Gasteiger partial charge in [-0.1, -0.05) is 72.8 Å². The molecule has 4 aliphatic rings. The molecule has 0 aromatic heterocycles. The summed E-state index contributed by atoms with van der Waals surface area (Å²) in [5.74, 6) is -15.6. The van der Waals surface area contributed by atoms with Crippen LogP contribution < -0.4 is 0 Å². The molecule has 2 aliphatic carbocycles. The molecule has 6 rings (SSSR count). The summed E-state index contributed by atoms with van der Waals surface area (Å²) in [6.45, 7) is 0. The highest BCUT2D eigenvalue weighted by atomic mass is 32.2. The predicted molar refractivity (Wildman–Crippen MR) is 119 cm³/mol. The number of allylic oxidation sites excluding steroid dienone is 4. The molecule has 0 spiro atoms. The van der Waals surface area contributed by atoms with E-state index in [0.717, 1.165) is 0 Å². The molecule has 0 amide bonds. The van der Waals surface area contributed by atoms with Crippen LogP contribution in [0.4, 0.5) is 26.3 Å². The largest absolute Gasteiger partial charge is 0.380 e. The van der Waals surface area contributed by atoms with Gasteiger partial charge in [0.25, 0.3) is 0 Å². The molecule has 1 saturated carbocycles. The van der Waals surface area contributed by atoms with Gasteiger partial charge < -0.3 is 0 Å². The van der Waals surface area contributed by atoms with E-state index in [1.165, 1.54) is 35.7 Å². The van der Waals surface area contributed by atoms with E-state index in [-0.39, 0.29) is 11.1 Å². The Kier molecular flexibility index (Phi) is 4.13. The number of benzene rings is 2. The molecule has 2 aromatic carbocycles. The van der Waals surface area contributed by atoms with E-state index >= 15 is 17.6 Å². The zero-order valence-corrected chi connectivity index (χ0v) is 18.3. The van der Waals surface area contributed by atoms with Gasteiger partial charge in [0.15, 0.2) is 0 Å². The van der Waals surface area contributed by atoms with Crippen molar-refractivity contribution >= 4 is 23.5 Å². The molecule has 0 bridgehead atoms. The number of thioether (sulfide) groups is 2. The third kappa shape index (κ3) is 2.16. The van der Waals surface area contributed by atoms with Crippen LogP contribution in [0.2, 0.25) is 0 Å². The Morgan fingerprint density at radius 1 is 0.515 bits per heavy atom. The lowest BCUT2D eigenvalue weighted by Crippen LogP contribution is -2.48. The van der Waals surface area contributed by atoms with Crippen LogP contribution in [0.25, 0.3) is 0 Å². The number of rotatable bonds is 2. The maximum atomic E-state index is 15.3. The van der Waals surface area contributed by atoms with Crippen molar-refractivity contribution in [2.75, 3.05) is 0 Å². The molecule has 0 nitrogen and oxygen atoms in total. The van der Waals surface area contributed by atoms with Crippen LogP contribution in [0, 0.1) is 0 Å². The van der Waals surface area contributed by atoms with Crippen molar-refractivity contribution in [3.63, 3.8) is 0 Å². The Morgan fingerprint density at radius 2 is 0.879 bits per heavy atom. The Hall–Kier alpha value is -2.32. The summed E-state index contributed by atoms with van der Waals surface area (Å²) >= 11 is 2.38. The van der Waals surface area contributed by atoms with Crippen LogP contribution >= 0.6 is 23.5 Å². The lowest BCUT2D eigenvalue weighted by Gasteiger charge is -2.51. The molecular weight excluding hydrogens is 478 g/mol. The van der Waals surface area contributed by atoms with Crippen molar-refractivity contribution in [3.05, 3.63) is 117 Å². The molecular formula is C25H14F6S2. The molecule has 2 aliphatic heterocycles. The zero-order valence-electron chi connectivity index (χ0n) is 16.7. The van der Waals surface area contributed by atoms with Gasteiger partial charge in [-0.3, -0.25) is 0 Å². The fourth-order valence-corrected chi connectivity index (χ4v) is 8.50. The second kappa shape index (κ2) is 6.42. The first-order valence-electron chi connectivity index (χ1n) is 10.1. The Balaban J connectivity index is 1.84. The summed E-state index contributed by atoms with van der Waals surface area (Å²) in [6, 6.07) is 17.4. The highest BCUT2D eigenvalue weighted by molar-refractivity contribution is 8.07. The summed E-state index contributed by atoms with van der Waals surface area (Å²) in [7, 11) is 0. The number of hydrogen-bond donors (Lipinski definition) is 0. The number of hydrogen-bond acceptors (Lipinski definition) is 2. The first kappa shape index (κ1) is 21.2. The van der Waals surface area contributed by atoms with Gasteiger partial charge in [-0.15, -0.1) is 23.5 Å². The average molecular weight is 493 g/mol. The molecule has 1 fully saturated rings. The lowest BCUT2D eigenvalue weighted by molar-refractivity contribution is -0.258. The topological polar surface area (TPSA) is 0 Å². The fourth-order valence-electron chi connectivity index (χ4n) is 5.47. The SMILES string of the molecule is FC1(F)C2=C3C=CSC3(c3ccccc3)C3(c4ccccc4)SC=CC3=C2C(F)(F)C1(F)F. The Labute approximate surface area is 194 Å². The Bertz CT molecular complexity index is 1190. The highest BCUT2D eigenvalue weighted by Gasteiger charge is 2.84. The van der Waals surface area contributed by atoms with Crippen LogP contribution in [0.1, 0.15) is 11.1 Å². The van der Waals surface area contributed by atoms with Gasteiger partial charge in [0.2, 0.25) is 0 Å². The normalized spacial score (nSPS) is 32.2. The van der Waals surface area contributed by atoms with Gasteiger partial charge in [0.1, 0.15) is 0 Å². The zero-order chi connectivity index (χ0) is 23.3. The summed E-state index contributed by atoms with van der Waals surface area (Å²) in [4.78, 5) is 0. The molecule has 2 unspecified atom stereocenters. The maximum Gasteiger partial charge on any atom is 0.380 e. The van der Waals surface area contributed by atoms with Gasteiger partial charge >= 0.3 is 17.8 Å². The van der Waals surface area contributed by atoms with E-state index in [1.807, 2.05) is 0 Å². The van der Waals surface area contributed by atoms with Gasteiger partial charge in [0, 0.05) is 11.1 Å². The van der Waals surface area contributed by atoms with Gasteiger partial charge in [-0.05, 0) is 33.1 Å². The summed E-state index contributed by atoms with van der Waals surface area (Å²) < 4.78 is 87.8. The molecule has 8 heteroatoms. The average Bonchev–Trinajstić information content (AvgIpc) is 3.46. The molecule has 0 saturated heterocycles. The van der Waals surface area contributed by atoms with E-state index in [9.17, 15) is 8.78 Å². The van der Waals surface area contributed by atoms with Crippen LogP contribution in [-0.4, -0.2) is 17.8 Å². The first-order chi connectivity index (χ1) is 15.6. The molecule has 33 heavy (non-hydrogen) atoms. The van der Waals surface area contributed by atoms with Gasteiger partial charge in [-0.25, -0.2) is 0 Å². The van der Waals surface area contributed by atoms with Crippen molar-refractivity contribution in [1.29, 1.82) is 0 Å². The summed E-state index contributed by atoms with van der Waals surface area (Å²) in [6.07, 6.45) is 2.61. The van der Waals surface area contributed by atoms with Crippen molar-refractivity contribution in [3.8, 4) is 0 Å². The predicted octanol–water partition coefficient (Wildman–Crippen LogP) is 7.82. The number of halogens is 6. The second-order valence-corrected chi connectivity index (χ2v) is 10.5. The minimum Gasteiger partial charge on any atom is -0.194 e. The number of alkyl halides is 6. The highest BCUT2D eigenvalue weighted by Crippen LogP contribution is 2.77. The molecule has 2 atom stereocenters. The van der Waals surface area contributed by atoms with Gasteiger partial charge in [0.05, 0.1) is 9.49 Å². The molecule has 2 heterocycles. The monoisotopic (exact) mass is 492 g/mol. The van der Waals surface area contributed by atoms with Crippen LogP contribution in [0.3, 0.4) is 0 Å². The standard InChI is InChI=1S/C25H14F6S2/c26-23(27)19-17-11-13-32-21(17,15-7-3-1-4-8-15)22(16-9-5-2-6-10-16)18(12-14-33-22)20(19)24(28,29)25(23,30)31/h1-14H. The maximum absolute atomic E-state index is 15.3. The van der Waals surface area contributed by atoms with E-state index in [1.54, 1.807) is 71.5 Å². The molecule has 2 aromatic rings. The molecule has 0 N–H and O–H groups in total. The minimum absolute atomic E-state index is 0.195. The molecule has 0 radical (unpaired) electrons. The second-order valence-electron chi connectivity index (χ2n) is 8.24. The summed E-state index contributed by atoms with van der Waals surface area (Å²) in [5.41, 5.74) is -1.74. The fraction of sp³-hybridized carbons (Fsp3) is 0.200. The quantitative estimate of drug-likeness (QED) is 0.392. The smallest absolute Gasteiger partial charge is 0.194 e. The summed E-state index contributed by atoms with van der Waals surface area (Å²) in [5, 5.41) is 3.09. The third-order valence-corrected chi connectivity index (χ3v) is 9.68. The van der Waals surface area contributed by atoms with Gasteiger partial charge in [-0.2, -0.15) is 26.3 Å². The first-order valence-corrected chi connectivity index (χ1v) is 11.8. The van der Waals surface area contributed by atoms with Crippen molar-refractivity contribution in [1.82, 2.24) is 0 Å². The van der Waals surface area contributed by atoms with E-state index in [0.29, 0.717) is 11.1 Å². The lowest BCUT2D eigenvalue weighted by atomic mass is 9.65. The minimum atomic E-state index is -5.55. The van der Waals surface area contributed by atoms with Crippen molar-refractivity contribution < 1.29 is 26.3 Å². The van der Waals surface area contributed by atoms with Crippen molar-refractivity contribution in [2.24, 2.45) is 0 Å². The van der Waals surface area contributed by atoms with E-state index < -0.39 is 38.4 Å². The Morgan fingerprint density at radius 3 is 1.24 bits per heavy atom. The van der Waals surface area contributed by atoms with Crippen LogP contribution in [0.15, 0.2) is 106 Å². The van der Waals surface area contributed by atoms with Crippen LogP contribution in [0.5, 0.6) is 0 Å². The molecule has 168 valence electrons. The van der Waals surface area contributed by atoms with E-state index in [4.69, 9.17) is 0 Å². The third-order valence-electron chi connectivity index (χ3n) is 6.78. The number of fused-ring (bicyclic) bond motifs is 4. The van der Waals surface area contributed by atoms with Crippen molar-refractivity contribution in [2.45, 2.75) is 27.3 Å². The van der Waals surface area contributed by atoms with Crippen LogP contribution in [-0.2, 0) is 9.49 Å². The van der Waals surface area contributed by atoms with E-state index in [2.05, 4.69) is 0 Å².